The lowest BCUT2D eigenvalue weighted by Gasteiger charge is -2.20. The molecule has 1 amide bonds. The van der Waals surface area contributed by atoms with Crippen LogP contribution in [0, 0.1) is 0 Å². The van der Waals surface area contributed by atoms with E-state index in [1.54, 1.807) is 6.92 Å². The first kappa shape index (κ1) is 29.4. The summed E-state index contributed by atoms with van der Waals surface area (Å²) in [7, 11) is 0. The standard InChI is InChI=1S/C32H28F6N2O2/c1-3-19-15-21(31(33,34)35)9-11-23(19)29(41)26-16-22(32(36,37)38)10-12-25(26)30(42)40-14-13-20(17-40)27-18-39(4-2)28-8-6-5-7-24(27)28/h5-12,15-16,18,20H,3-4,13-14,17H2,1-2H3. The molecule has 220 valence electrons. The molecule has 1 unspecified atom stereocenters. The maximum atomic E-state index is 13.7. The molecule has 0 bridgehead atoms. The van der Waals surface area contributed by atoms with Crippen molar-refractivity contribution in [3.05, 3.63) is 106 Å². The molecular weight excluding hydrogens is 558 g/mol. The Labute approximate surface area is 238 Å². The van der Waals surface area contributed by atoms with Crippen molar-refractivity contribution in [3.8, 4) is 0 Å². The summed E-state index contributed by atoms with van der Waals surface area (Å²) in [6.07, 6.45) is -6.72. The van der Waals surface area contributed by atoms with E-state index in [1.165, 1.54) is 4.90 Å². The largest absolute Gasteiger partial charge is 0.416 e. The Balaban J connectivity index is 1.51. The zero-order chi connectivity index (χ0) is 30.4. The van der Waals surface area contributed by atoms with Gasteiger partial charge in [-0.1, -0.05) is 31.2 Å². The van der Waals surface area contributed by atoms with Crippen molar-refractivity contribution >= 4 is 22.6 Å². The molecular formula is C32H28F6N2O2. The fourth-order valence-electron chi connectivity index (χ4n) is 5.76. The molecule has 0 aliphatic carbocycles. The molecule has 0 saturated carbocycles. The fraction of sp³-hybridized carbons (Fsp3) is 0.312. The molecule has 1 atom stereocenters. The average Bonchev–Trinajstić information content (AvgIpc) is 3.60. The third kappa shape index (κ3) is 5.42. The topological polar surface area (TPSA) is 42.3 Å². The highest BCUT2D eigenvalue weighted by molar-refractivity contribution is 6.16. The summed E-state index contributed by atoms with van der Waals surface area (Å²) >= 11 is 0. The van der Waals surface area contributed by atoms with Crippen molar-refractivity contribution in [2.45, 2.75) is 51.5 Å². The SMILES string of the molecule is CCc1cc(C(F)(F)F)ccc1C(=O)c1cc(C(F)(F)F)ccc1C(=O)N1CCC(c2cn(CC)c3ccccc23)C1. The number of amides is 1. The third-order valence-electron chi connectivity index (χ3n) is 7.96. The van der Waals surface area contributed by atoms with Crippen LogP contribution in [0.25, 0.3) is 10.9 Å². The van der Waals surface area contributed by atoms with E-state index in [9.17, 15) is 35.9 Å². The highest BCUT2D eigenvalue weighted by Crippen LogP contribution is 2.37. The molecule has 4 nitrogen and oxygen atoms in total. The van der Waals surface area contributed by atoms with E-state index in [1.807, 2.05) is 31.2 Å². The Kier molecular flexibility index (Phi) is 7.68. The van der Waals surface area contributed by atoms with Gasteiger partial charge in [0.15, 0.2) is 5.78 Å². The van der Waals surface area contributed by atoms with Crippen LogP contribution >= 0.6 is 0 Å². The number of para-hydroxylation sites is 1. The number of nitrogens with zero attached hydrogens (tertiary/aromatic N) is 2. The van der Waals surface area contributed by atoms with E-state index in [-0.39, 0.29) is 29.0 Å². The molecule has 1 aromatic heterocycles. The lowest BCUT2D eigenvalue weighted by atomic mass is 9.91. The molecule has 3 aromatic carbocycles. The van der Waals surface area contributed by atoms with Crippen molar-refractivity contribution in [2.75, 3.05) is 13.1 Å². The average molecular weight is 587 g/mol. The van der Waals surface area contributed by atoms with Crippen LogP contribution < -0.4 is 0 Å². The van der Waals surface area contributed by atoms with Crippen LogP contribution in [0.5, 0.6) is 0 Å². The number of carbonyl (C=O) groups is 2. The maximum Gasteiger partial charge on any atom is 0.416 e. The summed E-state index contributed by atoms with van der Waals surface area (Å²) in [6, 6.07) is 12.8. The molecule has 1 aliphatic heterocycles. The number of ketones is 1. The van der Waals surface area contributed by atoms with Gasteiger partial charge in [0, 0.05) is 53.8 Å². The predicted octanol–water partition coefficient (Wildman–Crippen LogP) is 8.12. The first-order chi connectivity index (χ1) is 19.8. The van der Waals surface area contributed by atoms with Gasteiger partial charge in [0.25, 0.3) is 5.91 Å². The van der Waals surface area contributed by atoms with E-state index < -0.39 is 40.7 Å². The number of hydrogen-bond donors (Lipinski definition) is 0. The van der Waals surface area contributed by atoms with Crippen molar-refractivity contribution in [1.29, 1.82) is 0 Å². The number of carbonyl (C=O) groups excluding carboxylic acids is 2. The number of fused-ring (bicyclic) bond motifs is 1. The number of benzene rings is 3. The molecule has 10 heteroatoms. The molecule has 5 rings (SSSR count). The Bertz CT molecular complexity index is 1670. The summed E-state index contributed by atoms with van der Waals surface area (Å²) < 4.78 is 83.0. The van der Waals surface area contributed by atoms with Crippen LogP contribution in [0.15, 0.2) is 66.9 Å². The van der Waals surface area contributed by atoms with Crippen molar-refractivity contribution in [3.63, 3.8) is 0 Å². The van der Waals surface area contributed by atoms with Gasteiger partial charge in [-0.05, 0) is 67.3 Å². The molecule has 1 fully saturated rings. The number of likely N-dealkylation sites (tertiary alicyclic amines) is 1. The first-order valence-corrected chi connectivity index (χ1v) is 13.7. The lowest BCUT2D eigenvalue weighted by Crippen LogP contribution is -2.30. The number of aromatic nitrogens is 1. The number of halogens is 6. The summed E-state index contributed by atoms with van der Waals surface area (Å²) in [5.74, 6) is -1.54. The Morgan fingerprint density at radius 2 is 1.48 bits per heavy atom. The van der Waals surface area contributed by atoms with Crippen LogP contribution in [0.2, 0.25) is 0 Å². The molecule has 2 heterocycles. The van der Waals surface area contributed by atoms with Gasteiger partial charge in [-0.3, -0.25) is 9.59 Å². The normalized spacial score (nSPS) is 15.9. The molecule has 4 aromatic rings. The fourth-order valence-corrected chi connectivity index (χ4v) is 5.76. The maximum absolute atomic E-state index is 13.7. The molecule has 1 aliphatic rings. The Morgan fingerprint density at radius 1 is 0.833 bits per heavy atom. The summed E-state index contributed by atoms with van der Waals surface area (Å²) in [5.41, 5.74) is -0.808. The van der Waals surface area contributed by atoms with Gasteiger partial charge in [0.2, 0.25) is 0 Å². The van der Waals surface area contributed by atoms with E-state index in [4.69, 9.17) is 0 Å². The summed E-state index contributed by atoms with van der Waals surface area (Å²) in [5, 5.41) is 1.07. The second-order valence-electron chi connectivity index (χ2n) is 10.4. The molecule has 42 heavy (non-hydrogen) atoms. The molecule has 0 spiro atoms. The molecule has 1 saturated heterocycles. The van der Waals surface area contributed by atoms with Crippen molar-refractivity contribution < 1.29 is 35.9 Å². The number of rotatable bonds is 6. The molecule has 0 radical (unpaired) electrons. The zero-order valence-electron chi connectivity index (χ0n) is 22.9. The lowest BCUT2D eigenvalue weighted by molar-refractivity contribution is -0.138. The predicted molar refractivity (Wildman–Crippen MR) is 147 cm³/mol. The van der Waals surface area contributed by atoms with Crippen molar-refractivity contribution in [2.24, 2.45) is 0 Å². The van der Waals surface area contributed by atoms with Gasteiger partial charge in [-0.2, -0.15) is 26.3 Å². The van der Waals surface area contributed by atoms with Gasteiger partial charge < -0.3 is 9.47 Å². The number of aryl methyl sites for hydroxylation is 2. The van der Waals surface area contributed by atoms with E-state index >= 15 is 0 Å². The third-order valence-corrected chi connectivity index (χ3v) is 7.96. The Hall–Kier alpha value is -4.08. The van der Waals surface area contributed by atoms with Gasteiger partial charge in [-0.25, -0.2) is 0 Å². The van der Waals surface area contributed by atoms with Crippen LogP contribution in [-0.4, -0.2) is 34.2 Å². The second kappa shape index (κ2) is 11.0. The smallest absolute Gasteiger partial charge is 0.347 e. The minimum absolute atomic E-state index is 0.0122. The van der Waals surface area contributed by atoms with Crippen LogP contribution in [-0.2, 0) is 25.3 Å². The quantitative estimate of drug-likeness (QED) is 0.169. The minimum Gasteiger partial charge on any atom is -0.347 e. The number of alkyl halides is 6. The van der Waals surface area contributed by atoms with Crippen LogP contribution in [0.1, 0.15) is 74.7 Å². The first-order valence-electron chi connectivity index (χ1n) is 13.7. The van der Waals surface area contributed by atoms with E-state index in [2.05, 4.69) is 10.8 Å². The summed E-state index contributed by atoms with van der Waals surface area (Å²) in [6.45, 7) is 4.99. The minimum atomic E-state index is -4.80. The van der Waals surface area contributed by atoms with Crippen LogP contribution in [0.3, 0.4) is 0 Å². The monoisotopic (exact) mass is 586 g/mol. The highest BCUT2D eigenvalue weighted by atomic mass is 19.4. The van der Waals surface area contributed by atoms with Gasteiger partial charge in [-0.15, -0.1) is 0 Å². The second-order valence-corrected chi connectivity index (χ2v) is 10.4. The van der Waals surface area contributed by atoms with Gasteiger partial charge in [0.1, 0.15) is 0 Å². The zero-order valence-corrected chi connectivity index (χ0v) is 22.9. The van der Waals surface area contributed by atoms with E-state index in [0.29, 0.717) is 25.6 Å². The molecule has 0 N–H and O–H groups in total. The highest BCUT2D eigenvalue weighted by Gasteiger charge is 2.36. The Morgan fingerprint density at radius 3 is 2.12 bits per heavy atom. The van der Waals surface area contributed by atoms with Crippen LogP contribution in [0.4, 0.5) is 26.3 Å². The number of hydrogen-bond acceptors (Lipinski definition) is 2. The van der Waals surface area contributed by atoms with Gasteiger partial charge >= 0.3 is 12.4 Å². The van der Waals surface area contributed by atoms with Gasteiger partial charge in [0.05, 0.1) is 16.7 Å². The van der Waals surface area contributed by atoms with E-state index in [0.717, 1.165) is 53.3 Å². The summed E-state index contributed by atoms with van der Waals surface area (Å²) in [4.78, 5) is 28.9. The van der Waals surface area contributed by atoms with Crippen molar-refractivity contribution in [1.82, 2.24) is 9.47 Å².